The van der Waals surface area contributed by atoms with E-state index < -0.39 is 10.0 Å². The molecule has 2 unspecified atom stereocenters. The number of hydrogen-bond donors (Lipinski definition) is 1. The third kappa shape index (κ3) is 2.56. The number of nitrogens with zero attached hydrogens (tertiary/aromatic N) is 2. The van der Waals surface area contributed by atoms with Gasteiger partial charge in [0, 0.05) is 25.2 Å². The van der Waals surface area contributed by atoms with Gasteiger partial charge in [-0.1, -0.05) is 6.07 Å². The Labute approximate surface area is 126 Å². The molecule has 2 bridgehead atoms. The highest BCUT2D eigenvalue weighted by molar-refractivity contribution is 7.89. The highest BCUT2D eigenvalue weighted by atomic mass is 32.2. The van der Waals surface area contributed by atoms with Crippen LogP contribution in [0.5, 0.6) is 0 Å². The molecule has 3 rings (SSSR count). The van der Waals surface area contributed by atoms with Gasteiger partial charge in [-0.05, 0) is 50.9 Å². The normalized spacial score (nSPS) is 27.7. The summed E-state index contributed by atoms with van der Waals surface area (Å²) in [6, 6.07) is 6.01. The summed E-state index contributed by atoms with van der Waals surface area (Å²) in [5, 5.41) is 0. The van der Waals surface area contributed by atoms with Crippen LogP contribution in [0.2, 0.25) is 0 Å². The zero-order valence-corrected chi connectivity index (χ0v) is 13.4. The van der Waals surface area contributed by atoms with Crippen LogP contribution in [-0.4, -0.2) is 49.8 Å². The molecule has 2 fully saturated rings. The van der Waals surface area contributed by atoms with Gasteiger partial charge in [-0.15, -0.1) is 0 Å². The van der Waals surface area contributed by atoms with Gasteiger partial charge in [-0.3, -0.25) is 4.90 Å². The Morgan fingerprint density at radius 1 is 1.19 bits per heavy atom. The predicted molar refractivity (Wildman–Crippen MR) is 83.5 cm³/mol. The largest absolute Gasteiger partial charge is 0.398 e. The molecule has 2 N–H and O–H groups in total. The highest BCUT2D eigenvalue weighted by Crippen LogP contribution is 2.32. The van der Waals surface area contributed by atoms with E-state index in [0.29, 0.717) is 30.9 Å². The first-order chi connectivity index (χ1) is 9.89. The van der Waals surface area contributed by atoms with Crippen molar-refractivity contribution < 1.29 is 8.42 Å². The summed E-state index contributed by atoms with van der Waals surface area (Å²) < 4.78 is 27.4. The molecule has 0 spiro atoms. The average Bonchev–Trinajstić information content (AvgIpc) is 2.61. The Kier molecular flexibility index (Phi) is 3.71. The fourth-order valence-corrected chi connectivity index (χ4v) is 5.13. The van der Waals surface area contributed by atoms with Gasteiger partial charge >= 0.3 is 0 Å². The van der Waals surface area contributed by atoms with Crippen molar-refractivity contribution in [2.24, 2.45) is 0 Å². The van der Waals surface area contributed by atoms with Crippen LogP contribution in [0.1, 0.15) is 24.8 Å². The summed E-state index contributed by atoms with van der Waals surface area (Å²) in [5.74, 6) is 0. The molecule has 116 valence electrons. The average molecular weight is 309 g/mol. The summed E-state index contributed by atoms with van der Waals surface area (Å²) in [7, 11) is -1.39. The van der Waals surface area contributed by atoms with Gasteiger partial charge in [0.2, 0.25) is 10.0 Å². The Hall–Kier alpha value is -1.11. The van der Waals surface area contributed by atoms with Gasteiger partial charge in [-0.25, -0.2) is 8.42 Å². The quantitative estimate of drug-likeness (QED) is 0.839. The molecule has 0 saturated carbocycles. The standard InChI is InChI=1S/C15H23N3O2S/c1-11-3-6-15(14(16)9-11)21(19,20)18-8-7-12-4-5-13(10-18)17(12)2/h3,6,9,12-13H,4-5,7-8,10,16H2,1-2H3. The molecular formula is C15H23N3O2S. The number of nitrogen functional groups attached to an aromatic ring is 1. The molecule has 2 heterocycles. The van der Waals surface area contributed by atoms with Crippen molar-refractivity contribution in [1.82, 2.24) is 9.21 Å². The SMILES string of the molecule is Cc1ccc(S(=O)(=O)N2CCC3CCC(C2)N3C)c(N)c1. The second-order valence-electron chi connectivity index (χ2n) is 6.24. The maximum Gasteiger partial charge on any atom is 0.245 e. The van der Waals surface area contributed by atoms with E-state index in [2.05, 4.69) is 11.9 Å². The Morgan fingerprint density at radius 3 is 2.62 bits per heavy atom. The minimum Gasteiger partial charge on any atom is -0.398 e. The molecule has 0 aliphatic carbocycles. The van der Waals surface area contributed by atoms with Crippen LogP contribution in [0.15, 0.2) is 23.1 Å². The van der Waals surface area contributed by atoms with E-state index in [9.17, 15) is 8.42 Å². The Bertz CT molecular complexity index is 644. The third-order valence-electron chi connectivity index (χ3n) is 4.89. The molecule has 2 atom stereocenters. The zero-order chi connectivity index (χ0) is 15.2. The van der Waals surface area contributed by atoms with Gasteiger partial charge in [0.05, 0.1) is 5.69 Å². The number of sulfonamides is 1. The summed E-state index contributed by atoms with van der Waals surface area (Å²) in [4.78, 5) is 2.59. The fraction of sp³-hybridized carbons (Fsp3) is 0.600. The van der Waals surface area contributed by atoms with E-state index in [0.717, 1.165) is 18.4 Å². The van der Waals surface area contributed by atoms with Crippen LogP contribution < -0.4 is 5.73 Å². The van der Waals surface area contributed by atoms with E-state index in [1.165, 1.54) is 6.42 Å². The van der Waals surface area contributed by atoms with Crippen molar-refractivity contribution in [2.75, 3.05) is 25.9 Å². The number of likely N-dealkylation sites (N-methyl/N-ethyl adjacent to an activating group) is 1. The van der Waals surface area contributed by atoms with E-state index in [-0.39, 0.29) is 4.90 Å². The minimum atomic E-state index is -3.50. The van der Waals surface area contributed by atoms with Crippen molar-refractivity contribution >= 4 is 15.7 Å². The number of hydrogen-bond acceptors (Lipinski definition) is 4. The third-order valence-corrected chi connectivity index (χ3v) is 6.83. The molecular weight excluding hydrogens is 286 g/mol. The van der Waals surface area contributed by atoms with Gasteiger partial charge in [-0.2, -0.15) is 4.31 Å². The molecule has 2 saturated heterocycles. The molecule has 5 nitrogen and oxygen atoms in total. The second kappa shape index (κ2) is 5.26. The number of nitrogens with two attached hydrogens (primary N) is 1. The van der Waals surface area contributed by atoms with Crippen molar-refractivity contribution in [3.8, 4) is 0 Å². The lowest BCUT2D eigenvalue weighted by molar-refractivity contribution is 0.246. The van der Waals surface area contributed by atoms with E-state index >= 15 is 0 Å². The minimum absolute atomic E-state index is 0.244. The lowest BCUT2D eigenvalue weighted by atomic mass is 10.1. The number of benzene rings is 1. The first-order valence-corrected chi connectivity index (χ1v) is 8.92. The van der Waals surface area contributed by atoms with Crippen LogP contribution in [0, 0.1) is 6.92 Å². The van der Waals surface area contributed by atoms with E-state index in [1.54, 1.807) is 22.5 Å². The van der Waals surface area contributed by atoms with E-state index in [4.69, 9.17) is 5.73 Å². The summed E-state index contributed by atoms with van der Waals surface area (Å²) in [6.07, 6.45) is 3.16. The van der Waals surface area contributed by atoms with Crippen LogP contribution >= 0.6 is 0 Å². The first-order valence-electron chi connectivity index (χ1n) is 7.48. The monoisotopic (exact) mass is 309 g/mol. The Morgan fingerprint density at radius 2 is 1.90 bits per heavy atom. The van der Waals surface area contributed by atoms with Crippen LogP contribution in [-0.2, 0) is 10.0 Å². The summed E-state index contributed by atoms with van der Waals surface area (Å²) in [6.45, 7) is 3.07. The van der Waals surface area contributed by atoms with Crippen molar-refractivity contribution in [1.29, 1.82) is 0 Å². The van der Waals surface area contributed by atoms with Gasteiger partial charge in [0.25, 0.3) is 0 Å². The van der Waals surface area contributed by atoms with E-state index in [1.807, 2.05) is 6.92 Å². The van der Waals surface area contributed by atoms with Crippen LogP contribution in [0.25, 0.3) is 0 Å². The fourth-order valence-electron chi connectivity index (χ4n) is 3.54. The number of aryl methyl sites for hydroxylation is 1. The molecule has 1 aromatic carbocycles. The lowest BCUT2D eigenvalue weighted by Crippen LogP contribution is -2.39. The summed E-state index contributed by atoms with van der Waals surface area (Å²) >= 11 is 0. The molecule has 0 amide bonds. The molecule has 2 aliphatic heterocycles. The first kappa shape index (κ1) is 14.8. The predicted octanol–water partition coefficient (Wildman–Crippen LogP) is 1.43. The van der Waals surface area contributed by atoms with Crippen LogP contribution in [0.4, 0.5) is 5.69 Å². The molecule has 0 radical (unpaired) electrons. The molecule has 1 aromatic rings. The highest BCUT2D eigenvalue weighted by Gasteiger charge is 2.39. The number of rotatable bonds is 2. The molecule has 21 heavy (non-hydrogen) atoms. The van der Waals surface area contributed by atoms with Crippen molar-refractivity contribution in [3.05, 3.63) is 23.8 Å². The lowest BCUT2D eigenvalue weighted by Gasteiger charge is -2.25. The van der Waals surface area contributed by atoms with Gasteiger partial charge < -0.3 is 5.73 Å². The number of fused-ring (bicyclic) bond motifs is 2. The zero-order valence-electron chi connectivity index (χ0n) is 12.6. The maximum absolute atomic E-state index is 12.9. The van der Waals surface area contributed by atoms with Crippen molar-refractivity contribution in [3.63, 3.8) is 0 Å². The smallest absolute Gasteiger partial charge is 0.245 e. The Balaban J connectivity index is 1.91. The second-order valence-corrected chi connectivity index (χ2v) is 8.15. The van der Waals surface area contributed by atoms with Crippen LogP contribution in [0.3, 0.4) is 0 Å². The molecule has 6 heteroatoms. The number of anilines is 1. The molecule has 0 aromatic heterocycles. The van der Waals surface area contributed by atoms with Gasteiger partial charge in [0.1, 0.15) is 4.90 Å². The molecule has 2 aliphatic rings. The van der Waals surface area contributed by atoms with Crippen molar-refractivity contribution in [2.45, 2.75) is 43.2 Å². The maximum atomic E-state index is 12.9. The topological polar surface area (TPSA) is 66.6 Å². The summed E-state index contributed by atoms with van der Waals surface area (Å²) in [5.41, 5.74) is 7.26. The van der Waals surface area contributed by atoms with Gasteiger partial charge in [0.15, 0.2) is 0 Å².